The molecule has 94 valence electrons. The monoisotopic (exact) mass is 314 g/mol. The fraction of sp³-hybridized carbons (Fsp3) is 0.0667. The topological polar surface area (TPSA) is 45.8 Å². The normalized spacial score (nSPS) is 10.8. The smallest absolute Gasteiger partial charge is 0.168 e. The number of aromatic amines is 1. The van der Waals surface area contributed by atoms with E-state index < -0.39 is 0 Å². The fourth-order valence-electron chi connectivity index (χ4n) is 2.05. The number of H-pyrrole nitrogens is 1. The number of carbonyl (C=O) groups excluding carboxylic acids is 1. The number of nitrogens with zero attached hydrogens (tertiary/aromatic N) is 1. The summed E-state index contributed by atoms with van der Waals surface area (Å²) in [7, 11) is 0. The van der Waals surface area contributed by atoms with Crippen LogP contribution in [0.3, 0.4) is 0 Å². The highest BCUT2D eigenvalue weighted by atomic mass is 79.9. The second kappa shape index (κ2) is 4.97. The predicted molar refractivity (Wildman–Crippen MR) is 78.3 cm³/mol. The van der Waals surface area contributed by atoms with Crippen molar-refractivity contribution in [2.75, 3.05) is 0 Å². The molecule has 0 radical (unpaired) electrons. The third-order valence-corrected chi connectivity index (χ3v) is 3.69. The molecule has 1 aromatic carbocycles. The van der Waals surface area contributed by atoms with Crippen LogP contribution in [0.15, 0.2) is 53.3 Å². The van der Waals surface area contributed by atoms with Gasteiger partial charge in [0, 0.05) is 34.2 Å². The van der Waals surface area contributed by atoms with Crippen LogP contribution in [-0.4, -0.2) is 15.8 Å². The molecule has 0 bridgehead atoms. The van der Waals surface area contributed by atoms with E-state index in [1.54, 1.807) is 6.20 Å². The number of Topliss-reactive ketones (excluding diaryl/α,β-unsaturated/α-hetero) is 1. The predicted octanol–water partition coefficient (Wildman–Crippen LogP) is 3.75. The van der Waals surface area contributed by atoms with Crippen LogP contribution in [0.2, 0.25) is 0 Å². The summed E-state index contributed by atoms with van der Waals surface area (Å²) in [6, 6.07) is 11.4. The van der Waals surface area contributed by atoms with E-state index in [-0.39, 0.29) is 5.78 Å². The quantitative estimate of drug-likeness (QED) is 0.748. The van der Waals surface area contributed by atoms with E-state index in [1.807, 2.05) is 42.6 Å². The lowest BCUT2D eigenvalue weighted by atomic mass is 10.0. The Bertz CT molecular complexity index is 748. The zero-order chi connectivity index (χ0) is 13.2. The lowest BCUT2D eigenvalue weighted by molar-refractivity contribution is 0.0992. The Morgan fingerprint density at radius 3 is 2.95 bits per heavy atom. The molecule has 0 saturated heterocycles. The van der Waals surface area contributed by atoms with Gasteiger partial charge in [0.15, 0.2) is 5.78 Å². The van der Waals surface area contributed by atoms with Crippen LogP contribution >= 0.6 is 15.9 Å². The van der Waals surface area contributed by atoms with Crippen molar-refractivity contribution >= 4 is 32.7 Å². The van der Waals surface area contributed by atoms with Gasteiger partial charge in [0.05, 0.1) is 0 Å². The summed E-state index contributed by atoms with van der Waals surface area (Å²) in [5, 5.41) is 1.03. The molecule has 0 unspecified atom stereocenters. The minimum atomic E-state index is 0.0872. The van der Waals surface area contributed by atoms with Gasteiger partial charge in [-0.1, -0.05) is 34.1 Å². The van der Waals surface area contributed by atoms with Gasteiger partial charge in [0.1, 0.15) is 5.65 Å². The van der Waals surface area contributed by atoms with Gasteiger partial charge in [-0.25, -0.2) is 4.98 Å². The molecule has 0 aliphatic heterocycles. The Balaban J connectivity index is 1.88. The minimum Gasteiger partial charge on any atom is -0.346 e. The molecule has 0 aliphatic rings. The van der Waals surface area contributed by atoms with Crippen LogP contribution in [0.5, 0.6) is 0 Å². The van der Waals surface area contributed by atoms with Gasteiger partial charge in [0.2, 0.25) is 0 Å². The highest BCUT2D eigenvalue weighted by Crippen LogP contribution is 2.19. The molecule has 3 rings (SSSR count). The molecule has 3 nitrogen and oxygen atoms in total. The molecular weight excluding hydrogens is 304 g/mol. The van der Waals surface area contributed by atoms with Gasteiger partial charge < -0.3 is 4.98 Å². The number of hydrogen-bond acceptors (Lipinski definition) is 2. The van der Waals surface area contributed by atoms with E-state index in [9.17, 15) is 4.79 Å². The molecule has 0 atom stereocenters. The van der Waals surface area contributed by atoms with Gasteiger partial charge in [-0.2, -0.15) is 0 Å². The molecule has 0 spiro atoms. The summed E-state index contributed by atoms with van der Waals surface area (Å²) in [5.41, 5.74) is 2.47. The van der Waals surface area contributed by atoms with Crippen LogP contribution in [-0.2, 0) is 6.42 Å². The average Bonchev–Trinajstić information content (AvgIpc) is 2.86. The third kappa shape index (κ3) is 2.44. The molecule has 1 N–H and O–H groups in total. The number of carbonyl (C=O) groups is 1. The number of nitrogens with one attached hydrogen (secondary N) is 1. The van der Waals surface area contributed by atoms with Crippen molar-refractivity contribution < 1.29 is 4.79 Å². The molecule has 2 aromatic heterocycles. The van der Waals surface area contributed by atoms with Crippen LogP contribution in [0.25, 0.3) is 11.0 Å². The van der Waals surface area contributed by atoms with Crippen molar-refractivity contribution in [1.82, 2.24) is 9.97 Å². The molecule has 0 aliphatic carbocycles. The SMILES string of the molecule is O=C(Cc1cnc2[nH]ccc2c1)c1ccccc1Br. The summed E-state index contributed by atoms with van der Waals surface area (Å²) in [5.74, 6) is 0.0872. The molecule has 19 heavy (non-hydrogen) atoms. The van der Waals surface area contributed by atoms with Crippen LogP contribution in [0.1, 0.15) is 15.9 Å². The number of fused-ring (bicyclic) bond motifs is 1. The van der Waals surface area contributed by atoms with Crippen molar-refractivity contribution in [3.63, 3.8) is 0 Å². The van der Waals surface area contributed by atoms with Crippen LogP contribution in [0, 0.1) is 0 Å². The maximum absolute atomic E-state index is 12.2. The summed E-state index contributed by atoms with van der Waals surface area (Å²) < 4.78 is 0.829. The molecule has 3 aromatic rings. The fourth-order valence-corrected chi connectivity index (χ4v) is 2.56. The van der Waals surface area contributed by atoms with E-state index in [2.05, 4.69) is 25.9 Å². The first kappa shape index (κ1) is 12.1. The number of rotatable bonds is 3. The number of hydrogen-bond donors (Lipinski definition) is 1. The number of halogens is 1. The Morgan fingerprint density at radius 2 is 2.11 bits per heavy atom. The largest absolute Gasteiger partial charge is 0.346 e. The maximum Gasteiger partial charge on any atom is 0.168 e. The van der Waals surface area contributed by atoms with Crippen LogP contribution in [0.4, 0.5) is 0 Å². The standard InChI is InChI=1S/C15H11BrN2O/c16-13-4-2-1-3-12(13)14(19)8-10-7-11-5-6-17-15(11)18-9-10/h1-7,9H,8H2,(H,17,18). The van der Waals surface area contributed by atoms with Crippen molar-refractivity contribution in [2.24, 2.45) is 0 Å². The van der Waals surface area contributed by atoms with Gasteiger partial charge in [-0.3, -0.25) is 4.79 Å². The highest BCUT2D eigenvalue weighted by Gasteiger charge is 2.11. The van der Waals surface area contributed by atoms with E-state index in [0.29, 0.717) is 12.0 Å². The molecular formula is C15H11BrN2O. The summed E-state index contributed by atoms with van der Waals surface area (Å²) >= 11 is 3.40. The molecule has 4 heteroatoms. The van der Waals surface area contributed by atoms with E-state index >= 15 is 0 Å². The third-order valence-electron chi connectivity index (χ3n) is 3.00. The number of pyridine rings is 1. The second-order valence-corrected chi connectivity index (χ2v) is 5.19. The minimum absolute atomic E-state index is 0.0872. The van der Waals surface area contributed by atoms with Gasteiger partial charge >= 0.3 is 0 Å². The molecule has 0 amide bonds. The molecule has 0 fully saturated rings. The second-order valence-electron chi connectivity index (χ2n) is 4.34. The molecule has 2 heterocycles. The van der Waals surface area contributed by atoms with Crippen LogP contribution < -0.4 is 0 Å². The summed E-state index contributed by atoms with van der Waals surface area (Å²) in [4.78, 5) is 19.6. The summed E-state index contributed by atoms with van der Waals surface area (Å²) in [6.07, 6.45) is 3.95. The zero-order valence-corrected chi connectivity index (χ0v) is 11.6. The number of ketones is 1. The Kier molecular flexibility index (Phi) is 3.17. The van der Waals surface area contributed by atoms with Gasteiger partial charge in [-0.05, 0) is 23.8 Å². The van der Waals surface area contributed by atoms with E-state index in [1.165, 1.54) is 0 Å². The van der Waals surface area contributed by atoms with Crippen molar-refractivity contribution in [1.29, 1.82) is 0 Å². The Hall–Kier alpha value is -1.94. The van der Waals surface area contributed by atoms with E-state index in [4.69, 9.17) is 0 Å². The Morgan fingerprint density at radius 1 is 1.26 bits per heavy atom. The van der Waals surface area contributed by atoms with Crippen molar-refractivity contribution in [3.8, 4) is 0 Å². The molecule has 0 saturated carbocycles. The average molecular weight is 315 g/mol. The summed E-state index contributed by atoms with van der Waals surface area (Å²) in [6.45, 7) is 0. The maximum atomic E-state index is 12.2. The first-order chi connectivity index (χ1) is 9.24. The number of benzene rings is 1. The van der Waals surface area contributed by atoms with Crippen molar-refractivity contribution in [2.45, 2.75) is 6.42 Å². The van der Waals surface area contributed by atoms with Gasteiger partial charge in [-0.15, -0.1) is 0 Å². The number of aromatic nitrogens is 2. The van der Waals surface area contributed by atoms with E-state index in [0.717, 1.165) is 21.1 Å². The van der Waals surface area contributed by atoms with Crippen molar-refractivity contribution in [3.05, 3.63) is 64.4 Å². The Labute approximate surface area is 118 Å². The zero-order valence-electron chi connectivity index (χ0n) is 10.1. The highest BCUT2D eigenvalue weighted by molar-refractivity contribution is 9.10. The first-order valence-electron chi connectivity index (χ1n) is 5.94. The lowest BCUT2D eigenvalue weighted by Gasteiger charge is -2.03. The van der Waals surface area contributed by atoms with Gasteiger partial charge in [0.25, 0.3) is 0 Å². The lowest BCUT2D eigenvalue weighted by Crippen LogP contribution is -2.04. The first-order valence-corrected chi connectivity index (χ1v) is 6.73.